The van der Waals surface area contributed by atoms with Crippen LogP contribution in [0, 0.1) is 0 Å². The molecule has 0 aliphatic carbocycles. The highest BCUT2D eigenvalue weighted by atomic mass is 35.5. The minimum Gasteiger partial charge on any atom is -0.479 e. The molecule has 0 saturated carbocycles. The number of aliphatic carboxylic acids is 1. The number of carboxylic acids is 1. The van der Waals surface area contributed by atoms with Crippen molar-refractivity contribution in [3.8, 4) is 0 Å². The Morgan fingerprint density at radius 3 is 2.53 bits per heavy atom. The molecule has 1 unspecified atom stereocenters. The minimum absolute atomic E-state index is 0.122. The maximum absolute atomic E-state index is 13.1. The quantitative estimate of drug-likeness (QED) is 0.918. The van der Waals surface area contributed by atoms with E-state index in [1.807, 2.05) is 0 Å². The Kier molecular flexibility index (Phi) is 4.11. The summed E-state index contributed by atoms with van der Waals surface area (Å²) in [5, 5.41) is 8.29. The SMILES string of the molecule is CCS(=O)(=O)c1ccc(C(F)C(=O)O)cc1Cl. The van der Waals surface area contributed by atoms with Crippen LogP contribution in [0.1, 0.15) is 18.7 Å². The highest BCUT2D eigenvalue weighted by molar-refractivity contribution is 7.91. The van der Waals surface area contributed by atoms with Gasteiger partial charge in [0.05, 0.1) is 15.7 Å². The zero-order chi connectivity index (χ0) is 13.2. The third kappa shape index (κ3) is 2.95. The van der Waals surface area contributed by atoms with Crippen molar-refractivity contribution in [2.24, 2.45) is 0 Å². The molecule has 17 heavy (non-hydrogen) atoms. The number of rotatable bonds is 4. The number of carboxylic acid groups (broad SMARTS) is 1. The van der Waals surface area contributed by atoms with Crippen molar-refractivity contribution in [2.45, 2.75) is 18.0 Å². The highest BCUT2D eigenvalue weighted by Crippen LogP contribution is 2.27. The summed E-state index contributed by atoms with van der Waals surface area (Å²) in [6.45, 7) is 1.45. The van der Waals surface area contributed by atoms with E-state index < -0.39 is 22.0 Å². The van der Waals surface area contributed by atoms with Gasteiger partial charge in [0, 0.05) is 0 Å². The average molecular weight is 281 g/mol. The molecule has 0 fully saturated rings. The van der Waals surface area contributed by atoms with E-state index >= 15 is 0 Å². The largest absolute Gasteiger partial charge is 0.479 e. The van der Waals surface area contributed by atoms with Crippen LogP contribution in [0.5, 0.6) is 0 Å². The molecule has 4 nitrogen and oxygen atoms in total. The lowest BCUT2D eigenvalue weighted by molar-refractivity contribution is -0.143. The van der Waals surface area contributed by atoms with Crippen LogP contribution in [0.4, 0.5) is 4.39 Å². The minimum atomic E-state index is -3.49. The third-order valence-corrected chi connectivity index (χ3v) is 4.39. The molecule has 1 aromatic carbocycles. The molecule has 1 N–H and O–H groups in total. The molecule has 0 aromatic heterocycles. The summed E-state index contributed by atoms with van der Waals surface area (Å²) in [5.74, 6) is -1.78. The van der Waals surface area contributed by atoms with E-state index in [0.29, 0.717) is 0 Å². The van der Waals surface area contributed by atoms with Gasteiger partial charge in [0.15, 0.2) is 9.84 Å². The molecular formula is C10H10ClFO4S. The molecular weight excluding hydrogens is 271 g/mol. The van der Waals surface area contributed by atoms with E-state index in [9.17, 15) is 17.6 Å². The zero-order valence-corrected chi connectivity index (χ0v) is 10.4. The van der Waals surface area contributed by atoms with Crippen molar-refractivity contribution >= 4 is 27.4 Å². The van der Waals surface area contributed by atoms with Gasteiger partial charge in [-0.05, 0) is 17.7 Å². The predicted molar refractivity (Wildman–Crippen MR) is 60.7 cm³/mol. The molecule has 0 heterocycles. The van der Waals surface area contributed by atoms with E-state index in [1.165, 1.54) is 6.92 Å². The van der Waals surface area contributed by atoms with Gasteiger partial charge in [-0.1, -0.05) is 24.6 Å². The lowest BCUT2D eigenvalue weighted by Crippen LogP contribution is -2.08. The molecule has 0 saturated heterocycles. The van der Waals surface area contributed by atoms with Crippen LogP contribution in [0.2, 0.25) is 5.02 Å². The number of benzene rings is 1. The lowest BCUT2D eigenvalue weighted by atomic mass is 10.1. The Morgan fingerprint density at radius 1 is 1.53 bits per heavy atom. The second kappa shape index (κ2) is 5.01. The van der Waals surface area contributed by atoms with E-state index in [1.54, 1.807) is 0 Å². The molecule has 1 atom stereocenters. The Morgan fingerprint density at radius 2 is 2.12 bits per heavy atom. The number of halogens is 2. The van der Waals surface area contributed by atoms with Crippen molar-refractivity contribution in [1.82, 2.24) is 0 Å². The van der Waals surface area contributed by atoms with Gasteiger partial charge in [-0.2, -0.15) is 0 Å². The number of hydrogen-bond acceptors (Lipinski definition) is 3. The zero-order valence-electron chi connectivity index (χ0n) is 8.85. The molecule has 0 amide bonds. The monoisotopic (exact) mass is 280 g/mol. The molecule has 0 bridgehead atoms. The van der Waals surface area contributed by atoms with Crippen LogP contribution in [0.3, 0.4) is 0 Å². The summed E-state index contributed by atoms with van der Waals surface area (Å²) in [5.41, 5.74) is -0.183. The first-order valence-electron chi connectivity index (χ1n) is 4.68. The van der Waals surface area contributed by atoms with E-state index in [4.69, 9.17) is 16.7 Å². The second-order valence-electron chi connectivity index (χ2n) is 3.29. The van der Waals surface area contributed by atoms with Gasteiger partial charge in [0.1, 0.15) is 0 Å². The normalized spacial score (nSPS) is 13.4. The van der Waals surface area contributed by atoms with Crippen molar-refractivity contribution in [3.05, 3.63) is 28.8 Å². The molecule has 94 valence electrons. The Hall–Kier alpha value is -1.14. The van der Waals surface area contributed by atoms with Crippen LogP contribution < -0.4 is 0 Å². The smallest absolute Gasteiger partial charge is 0.343 e. The van der Waals surface area contributed by atoms with Crippen LogP contribution in [-0.4, -0.2) is 25.2 Å². The Bertz CT molecular complexity index is 541. The number of hydrogen-bond donors (Lipinski definition) is 1. The highest BCUT2D eigenvalue weighted by Gasteiger charge is 2.22. The summed E-state index contributed by atoms with van der Waals surface area (Å²) in [6, 6.07) is 3.24. The fourth-order valence-corrected chi connectivity index (χ4v) is 2.71. The fourth-order valence-electron chi connectivity index (χ4n) is 1.23. The van der Waals surface area contributed by atoms with E-state index in [0.717, 1.165) is 18.2 Å². The van der Waals surface area contributed by atoms with E-state index in [-0.39, 0.29) is 21.2 Å². The number of alkyl halides is 1. The maximum Gasteiger partial charge on any atom is 0.343 e. The van der Waals surface area contributed by atoms with Crippen LogP contribution >= 0.6 is 11.6 Å². The summed E-state index contributed by atoms with van der Waals surface area (Å²) < 4.78 is 36.2. The molecule has 0 radical (unpaired) electrons. The number of carbonyl (C=O) groups is 1. The third-order valence-electron chi connectivity index (χ3n) is 2.18. The topological polar surface area (TPSA) is 71.4 Å². The maximum atomic E-state index is 13.1. The van der Waals surface area contributed by atoms with Crippen LogP contribution in [0.15, 0.2) is 23.1 Å². The average Bonchev–Trinajstić information content (AvgIpc) is 2.27. The first-order chi connectivity index (χ1) is 7.79. The first kappa shape index (κ1) is 13.9. The van der Waals surface area contributed by atoms with Crippen molar-refractivity contribution in [3.63, 3.8) is 0 Å². The lowest BCUT2D eigenvalue weighted by Gasteiger charge is -2.08. The van der Waals surface area contributed by atoms with Gasteiger partial charge in [-0.15, -0.1) is 0 Å². The standard InChI is InChI=1S/C10H10ClFO4S/c1-2-17(15,16)8-4-3-6(5-7(8)11)9(12)10(13)14/h3-5,9H,2H2,1H3,(H,13,14). The van der Waals surface area contributed by atoms with E-state index in [2.05, 4.69) is 0 Å². The number of sulfone groups is 1. The van der Waals surface area contributed by atoms with Crippen molar-refractivity contribution < 1.29 is 22.7 Å². The second-order valence-corrected chi connectivity index (χ2v) is 5.95. The summed E-state index contributed by atoms with van der Waals surface area (Å²) in [4.78, 5) is 10.3. The molecule has 0 spiro atoms. The van der Waals surface area contributed by atoms with Crippen molar-refractivity contribution in [1.29, 1.82) is 0 Å². The van der Waals surface area contributed by atoms with Crippen LogP contribution in [-0.2, 0) is 14.6 Å². The van der Waals surface area contributed by atoms with Crippen LogP contribution in [0.25, 0.3) is 0 Å². The fraction of sp³-hybridized carbons (Fsp3) is 0.300. The van der Waals surface area contributed by atoms with Gasteiger partial charge in [-0.25, -0.2) is 17.6 Å². The van der Waals surface area contributed by atoms with Crippen molar-refractivity contribution in [2.75, 3.05) is 5.75 Å². The first-order valence-corrected chi connectivity index (χ1v) is 6.71. The molecule has 7 heteroatoms. The molecule has 1 rings (SSSR count). The molecule has 0 aliphatic rings. The van der Waals surface area contributed by atoms with Gasteiger partial charge >= 0.3 is 5.97 Å². The molecule has 0 aliphatic heterocycles. The predicted octanol–water partition coefficient (Wildman–Crippen LogP) is 2.23. The summed E-state index contributed by atoms with van der Waals surface area (Å²) in [6.07, 6.45) is -2.22. The summed E-state index contributed by atoms with van der Waals surface area (Å²) in [7, 11) is -3.49. The van der Waals surface area contributed by atoms with Gasteiger partial charge < -0.3 is 5.11 Å². The van der Waals surface area contributed by atoms with Gasteiger partial charge in [-0.3, -0.25) is 0 Å². The van der Waals surface area contributed by atoms with Gasteiger partial charge in [0.25, 0.3) is 0 Å². The Labute approximate surface area is 103 Å². The Balaban J connectivity index is 3.24. The van der Waals surface area contributed by atoms with Gasteiger partial charge in [0.2, 0.25) is 6.17 Å². The summed E-state index contributed by atoms with van der Waals surface area (Å²) >= 11 is 5.70. The molecule has 1 aromatic rings.